The first-order chi connectivity index (χ1) is 9.37. The molecule has 2 rings (SSSR count). The van der Waals surface area contributed by atoms with Crippen LogP contribution in [0, 0.1) is 0 Å². The fraction of sp³-hybridized carbons (Fsp3) is 0.389. The van der Waals surface area contributed by atoms with Crippen LogP contribution in [0.2, 0.25) is 0 Å². The highest BCUT2D eigenvalue weighted by molar-refractivity contribution is 5.90. The van der Waals surface area contributed by atoms with Gasteiger partial charge in [-0.1, -0.05) is 30.3 Å². The van der Waals surface area contributed by atoms with E-state index in [9.17, 15) is 0 Å². The highest BCUT2D eigenvalue weighted by atomic mass is 15.1. The monoisotopic (exact) mass is 268 g/mol. The van der Waals surface area contributed by atoms with E-state index in [1.165, 1.54) is 22.4 Å². The van der Waals surface area contributed by atoms with Gasteiger partial charge >= 0.3 is 0 Å². The summed E-state index contributed by atoms with van der Waals surface area (Å²) in [4.78, 5) is 6.78. The third-order valence-corrected chi connectivity index (χ3v) is 3.27. The van der Waals surface area contributed by atoms with Gasteiger partial charge in [0.15, 0.2) is 0 Å². The molecule has 0 saturated carbocycles. The number of allylic oxidation sites excluding steroid dienone is 3. The first-order valence-electron chi connectivity index (χ1n) is 7.09. The first-order valence-corrected chi connectivity index (χ1v) is 7.09. The lowest BCUT2D eigenvalue weighted by Gasteiger charge is -2.13. The average molecular weight is 268 g/mol. The van der Waals surface area contributed by atoms with Crippen LogP contribution in [0.5, 0.6) is 0 Å². The van der Waals surface area contributed by atoms with Crippen molar-refractivity contribution in [2.24, 2.45) is 4.99 Å². The van der Waals surface area contributed by atoms with E-state index in [0.717, 1.165) is 6.42 Å². The van der Waals surface area contributed by atoms with Gasteiger partial charge in [0.2, 0.25) is 0 Å². The second-order valence-corrected chi connectivity index (χ2v) is 6.41. The molecule has 0 atom stereocenters. The fourth-order valence-corrected chi connectivity index (χ4v) is 2.18. The summed E-state index contributed by atoms with van der Waals surface area (Å²) in [5, 5.41) is 0. The van der Waals surface area contributed by atoms with Crippen molar-refractivity contribution in [3.05, 3.63) is 53.2 Å². The van der Waals surface area contributed by atoms with Gasteiger partial charge in [-0.25, -0.2) is 0 Å². The third kappa shape index (κ3) is 3.60. The summed E-state index contributed by atoms with van der Waals surface area (Å²) in [6.07, 6.45) is 7.54. The van der Waals surface area contributed by atoms with Crippen molar-refractivity contribution >= 4 is 11.8 Å². The number of hydrogen-bond donors (Lipinski definition) is 0. The molecule has 0 radical (unpaired) electrons. The van der Waals surface area contributed by atoms with E-state index in [1.54, 1.807) is 0 Å². The van der Waals surface area contributed by atoms with Crippen LogP contribution in [0.15, 0.2) is 47.1 Å². The molecule has 1 aromatic rings. The smallest absolute Gasteiger partial charge is 0.0524 e. The average Bonchev–Trinajstić information content (AvgIpc) is 2.85. The predicted octanol–water partition coefficient (Wildman–Crippen LogP) is 4.14. The van der Waals surface area contributed by atoms with Gasteiger partial charge in [0.25, 0.3) is 0 Å². The molecule has 0 saturated heterocycles. The Morgan fingerprint density at radius 1 is 1.15 bits per heavy atom. The molecule has 0 amide bonds. The van der Waals surface area contributed by atoms with Gasteiger partial charge in [-0.05, 0) is 50.0 Å². The summed E-state index contributed by atoms with van der Waals surface area (Å²) < 4.78 is 0. The highest BCUT2D eigenvalue weighted by Crippen LogP contribution is 2.29. The number of benzene rings is 1. The summed E-state index contributed by atoms with van der Waals surface area (Å²) in [6, 6.07) is 8.49. The van der Waals surface area contributed by atoms with Gasteiger partial charge in [0.05, 0.1) is 5.54 Å². The van der Waals surface area contributed by atoms with Crippen molar-refractivity contribution in [1.29, 1.82) is 0 Å². The molecule has 1 aliphatic carbocycles. The van der Waals surface area contributed by atoms with Crippen LogP contribution in [0.4, 0.5) is 0 Å². The van der Waals surface area contributed by atoms with Crippen molar-refractivity contribution in [2.45, 2.75) is 32.7 Å². The molecular formula is C18H24N2. The molecule has 2 nitrogen and oxygen atoms in total. The van der Waals surface area contributed by atoms with E-state index >= 15 is 0 Å². The Morgan fingerprint density at radius 2 is 1.85 bits per heavy atom. The number of aliphatic imine (C=N–C) groups is 1. The molecule has 1 aliphatic rings. The molecule has 0 heterocycles. The Balaban J connectivity index is 2.31. The van der Waals surface area contributed by atoms with Gasteiger partial charge in [0.1, 0.15) is 0 Å². The Bertz CT molecular complexity index is 569. The molecule has 0 unspecified atom stereocenters. The lowest BCUT2D eigenvalue weighted by Crippen LogP contribution is -2.10. The molecule has 0 aromatic heterocycles. The second-order valence-electron chi connectivity index (χ2n) is 6.41. The molecule has 1 aromatic carbocycles. The molecule has 0 N–H and O–H groups in total. The molecule has 106 valence electrons. The van der Waals surface area contributed by atoms with Gasteiger partial charge in [-0.2, -0.15) is 0 Å². The summed E-state index contributed by atoms with van der Waals surface area (Å²) in [5.74, 6) is 0. The zero-order valence-electron chi connectivity index (χ0n) is 13.1. The van der Waals surface area contributed by atoms with Crippen molar-refractivity contribution in [1.82, 2.24) is 4.90 Å². The minimum absolute atomic E-state index is 0.0375. The van der Waals surface area contributed by atoms with E-state index in [1.807, 2.05) is 6.21 Å². The Morgan fingerprint density at radius 3 is 2.45 bits per heavy atom. The molecule has 0 aliphatic heterocycles. The summed E-state index contributed by atoms with van der Waals surface area (Å²) in [6.45, 7) is 6.35. The third-order valence-electron chi connectivity index (χ3n) is 3.27. The van der Waals surface area contributed by atoms with Crippen molar-refractivity contribution < 1.29 is 0 Å². The number of likely N-dealkylation sites (N-methyl/N-ethyl adjacent to an activating group) is 1. The summed E-state index contributed by atoms with van der Waals surface area (Å²) >= 11 is 0. The number of rotatable bonds is 3. The second kappa shape index (κ2) is 5.66. The molecule has 20 heavy (non-hydrogen) atoms. The molecule has 0 spiro atoms. The molecule has 0 fully saturated rings. The largest absolute Gasteiger partial charge is 0.378 e. The summed E-state index contributed by atoms with van der Waals surface area (Å²) in [5.41, 5.74) is 5.09. The van der Waals surface area contributed by atoms with Crippen LogP contribution < -0.4 is 0 Å². The maximum Gasteiger partial charge on any atom is 0.0524 e. The summed E-state index contributed by atoms with van der Waals surface area (Å²) in [7, 11) is 4.16. The maximum absolute atomic E-state index is 4.63. The van der Waals surface area contributed by atoms with E-state index in [2.05, 4.69) is 81.2 Å². The van der Waals surface area contributed by atoms with Crippen LogP contribution >= 0.6 is 0 Å². The Labute approximate surface area is 122 Å². The zero-order valence-corrected chi connectivity index (χ0v) is 13.1. The van der Waals surface area contributed by atoms with Crippen LogP contribution in [-0.2, 0) is 0 Å². The van der Waals surface area contributed by atoms with Gasteiger partial charge in [0, 0.05) is 26.0 Å². The number of hydrogen-bond acceptors (Lipinski definition) is 2. The standard InChI is InChI=1S/C18H24N2/c1-18(2,3)19-13-15-8-6-7-9-17(15)14-10-11-16(12-14)20(4)5/h6-9,11-13H,10H2,1-5H3. The van der Waals surface area contributed by atoms with Gasteiger partial charge in [-0.15, -0.1) is 0 Å². The van der Waals surface area contributed by atoms with E-state index in [0.29, 0.717) is 0 Å². The Hall–Kier alpha value is -1.83. The van der Waals surface area contributed by atoms with Crippen molar-refractivity contribution in [2.75, 3.05) is 14.1 Å². The first kappa shape index (κ1) is 14.6. The van der Waals surface area contributed by atoms with E-state index in [4.69, 9.17) is 0 Å². The normalized spacial score (nSPS) is 15.4. The van der Waals surface area contributed by atoms with Crippen LogP contribution in [-0.4, -0.2) is 30.7 Å². The van der Waals surface area contributed by atoms with Crippen LogP contribution in [0.25, 0.3) is 5.57 Å². The lowest BCUT2D eigenvalue weighted by molar-refractivity contribution is 0.531. The van der Waals surface area contributed by atoms with E-state index < -0.39 is 0 Å². The lowest BCUT2D eigenvalue weighted by atomic mass is 9.99. The van der Waals surface area contributed by atoms with Crippen LogP contribution in [0.1, 0.15) is 38.3 Å². The number of nitrogens with zero attached hydrogens (tertiary/aromatic N) is 2. The van der Waals surface area contributed by atoms with Crippen molar-refractivity contribution in [3.8, 4) is 0 Å². The van der Waals surface area contributed by atoms with Gasteiger partial charge < -0.3 is 4.90 Å². The van der Waals surface area contributed by atoms with Crippen molar-refractivity contribution in [3.63, 3.8) is 0 Å². The van der Waals surface area contributed by atoms with E-state index in [-0.39, 0.29) is 5.54 Å². The van der Waals surface area contributed by atoms with Crippen LogP contribution in [0.3, 0.4) is 0 Å². The molecular weight excluding hydrogens is 244 g/mol. The molecule has 0 bridgehead atoms. The minimum atomic E-state index is -0.0375. The fourth-order valence-electron chi connectivity index (χ4n) is 2.18. The SMILES string of the molecule is CN(C)C1=CCC(c2ccccc2C=NC(C)(C)C)=C1. The quantitative estimate of drug-likeness (QED) is 0.752. The molecule has 2 heteroatoms. The maximum atomic E-state index is 4.63. The van der Waals surface area contributed by atoms with Gasteiger partial charge in [-0.3, -0.25) is 4.99 Å². The minimum Gasteiger partial charge on any atom is -0.378 e. The topological polar surface area (TPSA) is 15.6 Å². The zero-order chi connectivity index (χ0) is 14.8. The Kier molecular flexibility index (Phi) is 4.12. The highest BCUT2D eigenvalue weighted by Gasteiger charge is 2.13. The predicted molar refractivity (Wildman–Crippen MR) is 88.2 cm³/mol.